The minimum absolute atomic E-state index is 0.0499. The summed E-state index contributed by atoms with van der Waals surface area (Å²) in [7, 11) is 0. The lowest BCUT2D eigenvalue weighted by Gasteiger charge is -2.39. The predicted octanol–water partition coefficient (Wildman–Crippen LogP) is 12.2. The zero-order valence-electron chi connectivity index (χ0n) is 27.4. The van der Waals surface area contributed by atoms with Crippen LogP contribution in [0.15, 0.2) is 156 Å². The molecule has 0 amide bonds. The Kier molecular flexibility index (Phi) is 6.69. The molecular formula is C45H31N3OS2. The third-order valence-electron chi connectivity index (χ3n) is 10.4. The molecule has 1 aliphatic heterocycles. The second-order valence-electron chi connectivity index (χ2n) is 13.4. The van der Waals surface area contributed by atoms with E-state index < -0.39 is 0 Å². The Morgan fingerprint density at radius 2 is 1.04 bits per heavy atom. The maximum Gasteiger partial charge on any atom is 0.135 e. The Morgan fingerprint density at radius 3 is 1.90 bits per heavy atom. The van der Waals surface area contributed by atoms with Crippen LogP contribution in [0, 0.1) is 0 Å². The molecule has 0 spiro atoms. The Morgan fingerprint density at radius 1 is 0.392 bits per heavy atom. The minimum Gasteiger partial charge on any atom is -0.456 e. The Hall–Kier alpha value is -5.34. The Labute approximate surface area is 302 Å². The van der Waals surface area contributed by atoms with Gasteiger partial charge in [-0.15, -0.1) is 22.7 Å². The summed E-state index contributed by atoms with van der Waals surface area (Å²) in [5.41, 5.74) is 7.92. The molecule has 3 unspecified atom stereocenters. The molecule has 10 aromatic rings. The monoisotopic (exact) mass is 693 g/mol. The summed E-state index contributed by atoms with van der Waals surface area (Å²) in [6.45, 7) is 0. The van der Waals surface area contributed by atoms with Gasteiger partial charge < -0.3 is 4.42 Å². The SMILES string of the molecule is c1ccc(C2NC(c3ccc4c(c3)oc3ccccc34)NC(c3ccc4c(c3)sc3ccc(-c5cccc6c5sc5ccccc56)cc34)N2)cc1. The van der Waals surface area contributed by atoms with E-state index in [1.807, 2.05) is 34.8 Å². The summed E-state index contributed by atoms with van der Waals surface area (Å²) < 4.78 is 11.6. The fourth-order valence-corrected chi connectivity index (χ4v) is 10.3. The molecular weight excluding hydrogens is 663 g/mol. The van der Waals surface area contributed by atoms with Crippen molar-refractivity contribution in [2.45, 2.75) is 18.5 Å². The van der Waals surface area contributed by atoms with Gasteiger partial charge in [-0.2, -0.15) is 0 Å². The van der Waals surface area contributed by atoms with Crippen molar-refractivity contribution < 1.29 is 4.42 Å². The van der Waals surface area contributed by atoms with Crippen LogP contribution < -0.4 is 16.0 Å². The topological polar surface area (TPSA) is 49.2 Å². The number of para-hydroxylation sites is 1. The van der Waals surface area contributed by atoms with E-state index in [9.17, 15) is 0 Å². The lowest BCUT2D eigenvalue weighted by atomic mass is 10.00. The van der Waals surface area contributed by atoms with Gasteiger partial charge in [0.05, 0.1) is 18.5 Å². The van der Waals surface area contributed by atoms with Crippen LogP contribution in [0.25, 0.3) is 73.4 Å². The van der Waals surface area contributed by atoms with Crippen molar-refractivity contribution >= 4 is 85.0 Å². The molecule has 51 heavy (non-hydrogen) atoms. The Balaban J connectivity index is 0.973. The van der Waals surface area contributed by atoms with E-state index in [1.54, 1.807) is 0 Å². The molecule has 3 atom stereocenters. The highest BCUT2D eigenvalue weighted by Crippen LogP contribution is 2.43. The summed E-state index contributed by atoms with van der Waals surface area (Å²) in [4.78, 5) is 0. The van der Waals surface area contributed by atoms with E-state index in [2.05, 4.69) is 155 Å². The van der Waals surface area contributed by atoms with Gasteiger partial charge in [-0.25, -0.2) is 0 Å². The van der Waals surface area contributed by atoms with E-state index >= 15 is 0 Å². The zero-order chi connectivity index (χ0) is 33.5. The summed E-state index contributed by atoms with van der Waals surface area (Å²) >= 11 is 3.76. The molecule has 244 valence electrons. The van der Waals surface area contributed by atoms with Crippen LogP contribution in [0.5, 0.6) is 0 Å². The second-order valence-corrected chi connectivity index (χ2v) is 15.5. The first-order valence-corrected chi connectivity index (χ1v) is 19.0. The molecule has 3 aromatic heterocycles. The minimum atomic E-state index is -0.101. The van der Waals surface area contributed by atoms with Gasteiger partial charge in [0, 0.05) is 51.1 Å². The molecule has 1 fully saturated rings. The van der Waals surface area contributed by atoms with Crippen molar-refractivity contribution in [1.82, 2.24) is 16.0 Å². The van der Waals surface area contributed by atoms with Gasteiger partial charge in [-0.3, -0.25) is 16.0 Å². The third kappa shape index (κ3) is 4.83. The number of fused-ring (bicyclic) bond motifs is 9. The summed E-state index contributed by atoms with van der Waals surface area (Å²) in [5.74, 6) is 0. The molecule has 11 rings (SSSR count). The van der Waals surface area contributed by atoms with Crippen LogP contribution in [0.3, 0.4) is 0 Å². The molecule has 0 radical (unpaired) electrons. The van der Waals surface area contributed by atoms with Crippen LogP contribution in [0.4, 0.5) is 0 Å². The molecule has 7 aromatic carbocycles. The fraction of sp³-hybridized carbons (Fsp3) is 0.0667. The highest BCUT2D eigenvalue weighted by atomic mass is 32.1. The van der Waals surface area contributed by atoms with Gasteiger partial charge in [0.25, 0.3) is 0 Å². The quantitative estimate of drug-likeness (QED) is 0.172. The van der Waals surface area contributed by atoms with Gasteiger partial charge in [0.15, 0.2) is 0 Å². The van der Waals surface area contributed by atoms with Crippen molar-refractivity contribution in [3.63, 3.8) is 0 Å². The summed E-state index contributed by atoms with van der Waals surface area (Å²) in [6.07, 6.45) is -0.231. The number of nitrogens with one attached hydrogen (secondary N) is 3. The van der Waals surface area contributed by atoms with Gasteiger partial charge in [-0.1, -0.05) is 115 Å². The molecule has 1 aliphatic rings. The number of hydrogen-bond donors (Lipinski definition) is 3. The first-order valence-electron chi connectivity index (χ1n) is 17.3. The van der Waals surface area contributed by atoms with Gasteiger partial charge >= 0.3 is 0 Å². The van der Waals surface area contributed by atoms with Crippen molar-refractivity contribution in [3.05, 3.63) is 168 Å². The Bertz CT molecular complexity index is 2940. The second kappa shape index (κ2) is 11.6. The lowest BCUT2D eigenvalue weighted by Crippen LogP contribution is -2.54. The van der Waals surface area contributed by atoms with Crippen molar-refractivity contribution in [3.8, 4) is 11.1 Å². The van der Waals surface area contributed by atoms with Crippen LogP contribution in [0.1, 0.15) is 35.2 Å². The van der Waals surface area contributed by atoms with Gasteiger partial charge in [-0.05, 0) is 64.2 Å². The molecule has 3 N–H and O–H groups in total. The van der Waals surface area contributed by atoms with E-state index in [0.29, 0.717) is 0 Å². The smallest absolute Gasteiger partial charge is 0.135 e. The zero-order valence-corrected chi connectivity index (χ0v) is 29.0. The number of rotatable bonds is 4. The molecule has 6 heteroatoms. The van der Waals surface area contributed by atoms with E-state index in [0.717, 1.165) is 27.5 Å². The van der Waals surface area contributed by atoms with Crippen molar-refractivity contribution in [2.24, 2.45) is 0 Å². The third-order valence-corrected chi connectivity index (χ3v) is 12.8. The van der Waals surface area contributed by atoms with Crippen LogP contribution in [-0.2, 0) is 0 Å². The average molecular weight is 694 g/mol. The average Bonchev–Trinajstić information content (AvgIpc) is 3.88. The molecule has 4 heterocycles. The van der Waals surface area contributed by atoms with E-state index in [1.165, 1.54) is 62.6 Å². The maximum atomic E-state index is 6.29. The van der Waals surface area contributed by atoms with E-state index in [-0.39, 0.29) is 18.5 Å². The number of furan rings is 1. The molecule has 0 aliphatic carbocycles. The van der Waals surface area contributed by atoms with Crippen molar-refractivity contribution in [1.29, 1.82) is 0 Å². The standard InChI is InChI=1S/C45H31N3OS2/c1-2-9-26(10-3-1)43-46-44(28-17-20-32-31-11-4-6-15-37(31)49-38(32)24-28)48-45(47-43)29-18-21-34-36-23-27(19-22-40(36)50-41(34)25-29)30-13-8-14-35-33-12-5-7-16-39(33)51-42(30)35/h1-25,43-48H. The fourth-order valence-electron chi connectivity index (χ4n) is 7.90. The first kappa shape index (κ1) is 29.4. The van der Waals surface area contributed by atoms with Crippen LogP contribution in [0.2, 0.25) is 0 Å². The first-order chi connectivity index (χ1) is 25.2. The molecule has 4 nitrogen and oxygen atoms in total. The lowest BCUT2D eigenvalue weighted by molar-refractivity contribution is 0.203. The molecule has 0 saturated carbocycles. The van der Waals surface area contributed by atoms with Gasteiger partial charge in [0.1, 0.15) is 11.2 Å². The highest BCUT2D eigenvalue weighted by molar-refractivity contribution is 7.26. The largest absolute Gasteiger partial charge is 0.456 e. The number of thiophene rings is 2. The van der Waals surface area contributed by atoms with Crippen LogP contribution >= 0.6 is 22.7 Å². The number of benzene rings is 7. The normalized spacial score (nSPS) is 18.2. The molecule has 1 saturated heterocycles. The number of hydrogen-bond acceptors (Lipinski definition) is 6. The predicted molar refractivity (Wildman–Crippen MR) is 215 cm³/mol. The summed E-state index contributed by atoms with van der Waals surface area (Å²) in [5, 5.41) is 19.1. The maximum absolute atomic E-state index is 6.29. The van der Waals surface area contributed by atoms with Crippen molar-refractivity contribution in [2.75, 3.05) is 0 Å². The van der Waals surface area contributed by atoms with Gasteiger partial charge in [0.2, 0.25) is 0 Å². The van der Waals surface area contributed by atoms with E-state index in [4.69, 9.17) is 4.42 Å². The van der Waals surface area contributed by atoms with Crippen LogP contribution in [-0.4, -0.2) is 0 Å². The highest BCUT2D eigenvalue weighted by Gasteiger charge is 2.30. The summed E-state index contributed by atoms with van der Waals surface area (Å²) in [6, 6.07) is 54.9. The molecule has 0 bridgehead atoms.